The number of rotatable bonds is 5. The minimum absolute atomic E-state index is 0.107. The van der Waals surface area contributed by atoms with Gasteiger partial charge in [-0.3, -0.25) is 0 Å². The van der Waals surface area contributed by atoms with Gasteiger partial charge in [0.1, 0.15) is 9.84 Å². The highest BCUT2D eigenvalue weighted by molar-refractivity contribution is 7.90. The number of aliphatic hydroxyl groups is 1. The standard InChI is InChI=1S/C12H25NO3S/c1-11(2)6-7-12(9-13,10(11)14)5-4-8-17(3,15)16/h10,14H,4-9,13H2,1-3H3. The predicted molar refractivity (Wildman–Crippen MR) is 69.5 cm³/mol. The minimum Gasteiger partial charge on any atom is -0.392 e. The second-order valence-electron chi connectivity index (χ2n) is 6.19. The van der Waals surface area contributed by atoms with Crippen molar-refractivity contribution in [2.45, 2.75) is 45.6 Å². The van der Waals surface area contributed by atoms with E-state index in [0.717, 1.165) is 12.8 Å². The molecule has 0 bridgehead atoms. The first kappa shape index (κ1) is 14.9. The monoisotopic (exact) mass is 263 g/mol. The van der Waals surface area contributed by atoms with Gasteiger partial charge >= 0.3 is 0 Å². The average Bonchev–Trinajstić information content (AvgIpc) is 2.41. The fourth-order valence-corrected chi connectivity index (χ4v) is 3.61. The smallest absolute Gasteiger partial charge is 0.147 e. The Hall–Kier alpha value is -0.130. The molecule has 17 heavy (non-hydrogen) atoms. The Morgan fingerprint density at radius 3 is 2.29 bits per heavy atom. The van der Waals surface area contributed by atoms with E-state index in [9.17, 15) is 13.5 Å². The minimum atomic E-state index is -2.92. The molecule has 1 aliphatic carbocycles. The maximum absolute atomic E-state index is 11.1. The van der Waals surface area contributed by atoms with Gasteiger partial charge in [-0.25, -0.2) is 8.42 Å². The molecule has 0 aromatic heterocycles. The fourth-order valence-electron chi connectivity index (χ4n) is 2.94. The second kappa shape index (κ2) is 4.86. The van der Waals surface area contributed by atoms with Crippen molar-refractivity contribution in [3.8, 4) is 0 Å². The van der Waals surface area contributed by atoms with Crippen LogP contribution in [0.15, 0.2) is 0 Å². The number of sulfone groups is 1. The lowest BCUT2D eigenvalue weighted by molar-refractivity contribution is -0.00930. The van der Waals surface area contributed by atoms with Crippen molar-refractivity contribution in [1.82, 2.24) is 0 Å². The summed E-state index contributed by atoms with van der Waals surface area (Å²) in [7, 11) is -2.92. The van der Waals surface area contributed by atoms with Gasteiger partial charge in [0.25, 0.3) is 0 Å². The molecule has 1 fully saturated rings. The van der Waals surface area contributed by atoms with E-state index < -0.39 is 15.9 Å². The number of hydrogen-bond acceptors (Lipinski definition) is 4. The summed E-state index contributed by atoms with van der Waals surface area (Å²) in [5, 5.41) is 10.4. The molecule has 0 aromatic rings. The van der Waals surface area contributed by atoms with Gasteiger partial charge in [0.2, 0.25) is 0 Å². The highest BCUT2D eigenvalue weighted by Crippen LogP contribution is 2.51. The summed E-state index contributed by atoms with van der Waals surface area (Å²) < 4.78 is 22.2. The Morgan fingerprint density at radius 1 is 1.35 bits per heavy atom. The van der Waals surface area contributed by atoms with Crippen LogP contribution in [0.3, 0.4) is 0 Å². The lowest BCUT2D eigenvalue weighted by Crippen LogP contribution is -2.42. The third kappa shape index (κ3) is 3.42. The van der Waals surface area contributed by atoms with Gasteiger partial charge in [-0.15, -0.1) is 0 Å². The summed E-state index contributed by atoms with van der Waals surface area (Å²) in [6.45, 7) is 4.53. The first-order valence-electron chi connectivity index (χ1n) is 6.19. The molecule has 2 atom stereocenters. The van der Waals surface area contributed by atoms with Crippen molar-refractivity contribution < 1.29 is 13.5 Å². The zero-order valence-electron chi connectivity index (χ0n) is 11.1. The van der Waals surface area contributed by atoms with Crippen LogP contribution in [0.25, 0.3) is 0 Å². The van der Waals surface area contributed by atoms with E-state index in [-0.39, 0.29) is 16.6 Å². The van der Waals surface area contributed by atoms with Gasteiger partial charge in [-0.1, -0.05) is 13.8 Å². The van der Waals surface area contributed by atoms with Crippen LogP contribution >= 0.6 is 0 Å². The Kier molecular flexibility index (Phi) is 4.27. The fraction of sp³-hybridized carbons (Fsp3) is 1.00. The molecule has 0 aromatic carbocycles. The Bertz CT molecular complexity index is 364. The average molecular weight is 263 g/mol. The third-order valence-electron chi connectivity index (χ3n) is 4.18. The molecule has 0 radical (unpaired) electrons. The Morgan fingerprint density at radius 2 is 1.94 bits per heavy atom. The largest absolute Gasteiger partial charge is 0.392 e. The van der Waals surface area contributed by atoms with Crippen molar-refractivity contribution in [2.75, 3.05) is 18.6 Å². The van der Waals surface area contributed by atoms with Crippen LogP contribution < -0.4 is 5.73 Å². The summed E-state index contributed by atoms with van der Waals surface area (Å²) in [5.74, 6) is 0.182. The van der Waals surface area contributed by atoms with Crippen molar-refractivity contribution in [3.05, 3.63) is 0 Å². The number of aliphatic hydroxyl groups excluding tert-OH is 1. The SMILES string of the molecule is CC1(C)CCC(CN)(CCCS(C)(=O)=O)C1O. The van der Waals surface area contributed by atoms with Crippen LogP contribution in [0.4, 0.5) is 0 Å². The third-order valence-corrected chi connectivity index (χ3v) is 5.21. The van der Waals surface area contributed by atoms with Gasteiger partial charge in [0.15, 0.2) is 0 Å². The van der Waals surface area contributed by atoms with E-state index >= 15 is 0 Å². The molecule has 1 aliphatic rings. The number of hydrogen-bond donors (Lipinski definition) is 2. The topological polar surface area (TPSA) is 80.4 Å². The van der Waals surface area contributed by atoms with Gasteiger partial charge in [0, 0.05) is 24.0 Å². The molecule has 0 spiro atoms. The van der Waals surface area contributed by atoms with Gasteiger partial charge in [0.05, 0.1) is 6.10 Å². The molecule has 0 aliphatic heterocycles. The second-order valence-corrected chi connectivity index (χ2v) is 8.45. The van der Waals surface area contributed by atoms with Crippen LogP contribution in [-0.4, -0.2) is 38.2 Å². The zero-order chi connectivity index (χ0) is 13.3. The molecule has 5 heteroatoms. The normalized spacial score (nSPS) is 32.9. The molecular weight excluding hydrogens is 238 g/mol. The van der Waals surface area contributed by atoms with E-state index in [1.807, 2.05) is 13.8 Å². The van der Waals surface area contributed by atoms with Crippen molar-refractivity contribution in [3.63, 3.8) is 0 Å². The maximum atomic E-state index is 11.1. The highest BCUT2D eigenvalue weighted by atomic mass is 32.2. The van der Waals surface area contributed by atoms with E-state index in [1.165, 1.54) is 6.26 Å². The molecule has 0 amide bonds. The van der Waals surface area contributed by atoms with Crippen molar-refractivity contribution in [2.24, 2.45) is 16.6 Å². The van der Waals surface area contributed by atoms with Gasteiger partial charge < -0.3 is 10.8 Å². The van der Waals surface area contributed by atoms with Gasteiger partial charge in [-0.05, 0) is 31.1 Å². The molecule has 102 valence electrons. The molecule has 2 unspecified atom stereocenters. The van der Waals surface area contributed by atoms with Crippen LogP contribution in [0.1, 0.15) is 39.5 Å². The summed E-state index contributed by atoms with van der Waals surface area (Å²) in [6.07, 6.45) is 3.94. The molecule has 0 heterocycles. The Labute approximate surface area is 105 Å². The van der Waals surface area contributed by atoms with Crippen LogP contribution in [0.2, 0.25) is 0 Å². The lowest BCUT2D eigenvalue weighted by atomic mass is 9.75. The molecule has 0 saturated heterocycles. The zero-order valence-corrected chi connectivity index (χ0v) is 11.9. The summed E-state index contributed by atoms with van der Waals surface area (Å²) in [5.41, 5.74) is 5.43. The van der Waals surface area contributed by atoms with E-state index in [4.69, 9.17) is 5.73 Å². The van der Waals surface area contributed by atoms with E-state index in [2.05, 4.69) is 0 Å². The quantitative estimate of drug-likeness (QED) is 0.773. The van der Waals surface area contributed by atoms with Gasteiger partial charge in [-0.2, -0.15) is 0 Å². The lowest BCUT2D eigenvalue weighted by Gasteiger charge is -2.36. The van der Waals surface area contributed by atoms with E-state index in [0.29, 0.717) is 19.4 Å². The van der Waals surface area contributed by atoms with Crippen LogP contribution in [-0.2, 0) is 9.84 Å². The first-order valence-corrected chi connectivity index (χ1v) is 8.25. The van der Waals surface area contributed by atoms with Crippen molar-refractivity contribution in [1.29, 1.82) is 0 Å². The maximum Gasteiger partial charge on any atom is 0.147 e. The van der Waals surface area contributed by atoms with E-state index in [1.54, 1.807) is 0 Å². The number of nitrogens with two attached hydrogens (primary N) is 1. The molecular formula is C12H25NO3S. The summed E-state index contributed by atoms with van der Waals surface area (Å²) in [6, 6.07) is 0. The van der Waals surface area contributed by atoms with Crippen LogP contribution in [0.5, 0.6) is 0 Å². The van der Waals surface area contributed by atoms with Crippen LogP contribution in [0, 0.1) is 10.8 Å². The summed E-state index contributed by atoms with van der Waals surface area (Å²) in [4.78, 5) is 0. The molecule has 1 saturated carbocycles. The predicted octanol–water partition coefficient (Wildman–Crippen LogP) is 0.937. The highest BCUT2D eigenvalue weighted by Gasteiger charge is 2.50. The molecule has 3 N–H and O–H groups in total. The Balaban J connectivity index is 2.66. The first-order chi connectivity index (χ1) is 7.63. The molecule has 4 nitrogen and oxygen atoms in total. The molecule has 1 rings (SSSR count). The van der Waals surface area contributed by atoms with Crippen molar-refractivity contribution >= 4 is 9.84 Å². The summed E-state index contributed by atoms with van der Waals surface area (Å²) >= 11 is 0.